The third-order valence-electron chi connectivity index (χ3n) is 4.78. The van der Waals surface area contributed by atoms with E-state index in [0.29, 0.717) is 29.7 Å². The predicted octanol–water partition coefficient (Wildman–Crippen LogP) is 3.93. The van der Waals surface area contributed by atoms with Crippen LogP contribution in [0.15, 0.2) is 66.7 Å². The van der Waals surface area contributed by atoms with E-state index in [0.717, 1.165) is 11.3 Å². The Bertz CT molecular complexity index is 1140. The van der Waals surface area contributed by atoms with Gasteiger partial charge in [-0.3, -0.25) is 9.59 Å². The number of hydrogen-bond acceptors (Lipinski definition) is 5. The van der Waals surface area contributed by atoms with Gasteiger partial charge in [0.2, 0.25) is 5.91 Å². The molecule has 0 radical (unpaired) electrons. The third kappa shape index (κ3) is 4.95. The fourth-order valence-electron chi connectivity index (χ4n) is 3.20. The Hall–Kier alpha value is -4.00. The van der Waals surface area contributed by atoms with Gasteiger partial charge in [-0.25, -0.2) is 9.18 Å². The molecule has 1 N–H and O–H groups in total. The molecule has 0 saturated heterocycles. The number of benzene rings is 3. The van der Waals surface area contributed by atoms with Gasteiger partial charge in [0.15, 0.2) is 12.4 Å². The van der Waals surface area contributed by atoms with Gasteiger partial charge in [-0.2, -0.15) is 0 Å². The van der Waals surface area contributed by atoms with Crippen LogP contribution in [0.2, 0.25) is 0 Å². The molecule has 0 atom stereocenters. The van der Waals surface area contributed by atoms with Gasteiger partial charge in [-0.05, 0) is 78.7 Å². The van der Waals surface area contributed by atoms with Crippen molar-refractivity contribution in [2.24, 2.45) is 0 Å². The van der Waals surface area contributed by atoms with Crippen molar-refractivity contribution >= 4 is 23.3 Å². The lowest BCUT2D eigenvalue weighted by molar-refractivity contribution is -0.136. The third-order valence-corrected chi connectivity index (χ3v) is 4.78. The largest absolute Gasteiger partial charge is 0.482 e. The molecule has 156 valence electrons. The SMILES string of the molecule is O=C1CCc2cc(OCC(=O)Oc3ccc(C(=O)c4ccc(F)cc4)cc3)ccc2N1. The number of amides is 1. The normalized spacial score (nSPS) is 12.5. The molecule has 3 aromatic carbocycles. The van der Waals surface area contributed by atoms with Crippen LogP contribution in [0, 0.1) is 5.82 Å². The number of carbonyl (C=O) groups is 3. The Morgan fingerprint density at radius 3 is 2.23 bits per heavy atom. The van der Waals surface area contributed by atoms with Crippen molar-refractivity contribution in [2.75, 3.05) is 11.9 Å². The maximum Gasteiger partial charge on any atom is 0.349 e. The lowest BCUT2D eigenvalue weighted by atomic mass is 10.0. The minimum absolute atomic E-state index is 0.0184. The molecule has 0 unspecified atom stereocenters. The van der Waals surface area contributed by atoms with Crippen LogP contribution in [0.1, 0.15) is 27.9 Å². The van der Waals surface area contributed by atoms with Crippen molar-refractivity contribution < 1.29 is 28.2 Å². The number of ether oxygens (including phenoxy) is 2. The van der Waals surface area contributed by atoms with Crippen LogP contribution in [-0.2, 0) is 16.0 Å². The van der Waals surface area contributed by atoms with Crippen LogP contribution in [0.3, 0.4) is 0 Å². The number of hydrogen-bond donors (Lipinski definition) is 1. The van der Waals surface area contributed by atoms with Crippen molar-refractivity contribution in [3.8, 4) is 11.5 Å². The molecule has 3 aromatic rings. The molecule has 0 aromatic heterocycles. The molecule has 0 fully saturated rings. The number of esters is 1. The van der Waals surface area contributed by atoms with E-state index >= 15 is 0 Å². The van der Waals surface area contributed by atoms with Crippen molar-refractivity contribution in [1.82, 2.24) is 0 Å². The summed E-state index contributed by atoms with van der Waals surface area (Å²) >= 11 is 0. The molecular weight excluding hydrogens is 401 g/mol. The maximum absolute atomic E-state index is 13.0. The number of carbonyl (C=O) groups excluding carboxylic acids is 3. The maximum atomic E-state index is 13.0. The lowest BCUT2D eigenvalue weighted by Gasteiger charge is -2.17. The monoisotopic (exact) mass is 419 g/mol. The molecule has 0 saturated carbocycles. The second kappa shape index (κ2) is 8.79. The van der Waals surface area contributed by atoms with Crippen LogP contribution in [0.25, 0.3) is 0 Å². The molecule has 1 aliphatic rings. The van der Waals surface area contributed by atoms with Gasteiger partial charge in [0.1, 0.15) is 17.3 Å². The van der Waals surface area contributed by atoms with Crippen molar-refractivity contribution in [1.29, 1.82) is 0 Å². The van der Waals surface area contributed by atoms with Crippen molar-refractivity contribution in [3.05, 3.63) is 89.2 Å². The van der Waals surface area contributed by atoms with E-state index in [1.807, 2.05) is 0 Å². The first kappa shape index (κ1) is 20.3. The van der Waals surface area contributed by atoms with Crippen LogP contribution in [0.5, 0.6) is 11.5 Å². The number of halogens is 1. The zero-order valence-electron chi connectivity index (χ0n) is 16.4. The second-order valence-electron chi connectivity index (χ2n) is 6.99. The van der Waals surface area contributed by atoms with Gasteiger partial charge < -0.3 is 14.8 Å². The van der Waals surface area contributed by atoms with Crippen molar-refractivity contribution in [2.45, 2.75) is 12.8 Å². The highest BCUT2D eigenvalue weighted by Gasteiger charge is 2.16. The van der Waals surface area contributed by atoms with Gasteiger partial charge >= 0.3 is 5.97 Å². The van der Waals surface area contributed by atoms with E-state index in [4.69, 9.17) is 9.47 Å². The van der Waals surface area contributed by atoms with E-state index < -0.39 is 11.8 Å². The molecule has 7 heteroatoms. The van der Waals surface area contributed by atoms with Gasteiger partial charge in [0.25, 0.3) is 0 Å². The number of fused-ring (bicyclic) bond motifs is 1. The Labute approximate surface area is 177 Å². The summed E-state index contributed by atoms with van der Waals surface area (Å²) in [4.78, 5) is 35.9. The summed E-state index contributed by atoms with van der Waals surface area (Å²) in [5.41, 5.74) is 2.46. The molecule has 4 rings (SSSR count). The summed E-state index contributed by atoms with van der Waals surface area (Å²) in [7, 11) is 0. The minimum atomic E-state index is -0.594. The van der Waals surface area contributed by atoms with E-state index in [2.05, 4.69) is 5.32 Å². The molecule has 6 nitrogen and oxygen atoms in total. The summed E-state index contributed by atoms with van der Waals surface area (Å²) in [6.45, 7) is -0.290. The Morgan fingerprint density at radius 1 is 0.871 bits per heavy atom. The molecule has 1 heterocycles. The Balaban J connectivity index is 1.32. The van der Waals surface area contributed by atoms with E-state index in [1.165, 1.54) is 48.5 Å². The number of ketones is 1. The Kier molecular flexibility index (Phi) is 5.75. The number of aryl methyl sites for hydroxylation is 1. The van der Waals surface area contributed by atoms with E-state index in [-0.39, 0.29) is 24.0 Å². The summed E-state index contributed by atoms with van der Waals surface area (Å²) in [5.74, 6) is -0.503. The molecular formula is C24H18FNO5. The van der Waals surface area contributed by atoms with E-state index in [1.54, 1.807) is 18.2 Å². The molecule has 31 heavy (non-hydrogen) atoms. The molecule has 1 amide bonds. The second-order valence-corrected chi connectivity index (χ2v) is 6.99. The summed E-state index contributed by atoms with van der Waals surface area (Å²) in [6.07, 6.45) is 1.03. The van der Waals surface area contributed by atoms with Gasteiger partial charge in [0.05, 0.1) is 0 Å². The summed E-state index contributed by atoms with van der Waals surface area (Å²) in [6, 6.07) is 16.6. The highest BCUT2D eigenvalue weighted by Crippen LogP contribution is 2.26. The topological polar surface area (TPSA) is 81.7 Å². The number of rotatable bonds is 6. The molecule has 0 spiro atoms. The quantitative estimate of drug-likeness (QED) is 0.372. The zero-order chi connectivity index (χ0) is 21.8. The highest BCUT2D eigenvalue weighted by atomic mass is 19.1. The van der Waals surface area contributed by atoms with Gasteiger partial charge in [-0.1, -0.05) is 0 Å². The first-order valence-corrected chi connectivity index (χ1v) is 9.64. The average Bonchev–Trinajstić information content (AvgIpc) is 2.78. The van der Waals surface area contributed by atoms with Gasteiger partial charge in [-0.15, -0.1) is 0 Å². The van der Waals surface area contributed by atoms with Crippen LogP contribution in [-0.4, -0.2) is 24.3 Å². The van der Waals surface area contributed by atoms with E-state index in [9.17, 15) is 18.8 Å². The first-order valence-electron chi connectivity index (χ1n) is 9.64. The predicted molar refractivity (Wildman–Crippen MR) is 111 cm³/mol. The Morgan fingerprint density at radius 2 is 1.52 bits per heavy atom. The first-order chi connectivity index (χ1) is 15.0. The zero-order valence-corrected chi connectivity index (χ0v) is 16.4. The number of nitrogens with one attached hydrogen (secondary N) is 1. The van der Waals surface area contributed by atoms with Crippen LogP contribution >= 0.6 is 0 Å². The molecule has 0 bridgehead atoms. The van der Waals surface area contributed by atoms with Crippen LogP contribution in [0.4, 0.5) is 10.1 Å². The standard InChI is InChI=1S/C24H18FNO5/c25-18-6-1-15(2-7-18)24(29)16-3-8-19(9-4-16)31-23(28)14-30-20-10-11-21-17(13-20)5-12-22(27)26-21/h1-4,6-11,13H,5,12,14H2,(H,26,27). The molecule has 0 aliphatic carbocycles. The summed E-state index contributed by atoms with van der Waals surface area (Å²) in [5, 5.41) is 2.78. The van der Waals surface area contributed by atoms with Gasteiger partial charge in [0, 0.05) is 23.2 Å². The lowest BCUT2D eigenvalue weighted by Crippen LogP contribution is -2.20. The summed E-state index contributed by atoms with van der Waals surface area (Å²) < 4.78 is 23.7. The van der Waals surface area contributed by atoms with Crippen molar-refractivity contribution in [3.63, 3.8) is 0 Å². The molecule has 1 aliphatic heterocycles. The average molecular weight is 419 g/mol. The minimum Gasteiger partial charge on any atom is -0.482 e. The fourth-order valence-corrected chi connectivity index (χ4v) is 3.20. The highest BCUT2D eigenvalue weighted by molar-refractivity contribution is 6.09. The fraction of sp³-hybridized carbons (Fsp3) is 0.125. The number of anilines is 1. The smallest absolute Gasteiger partial charge is 0.349 e. The van der Waals surface area contributed by atoms with Crippen LogP contribution < -0.4 is 14.8 Å².